The van der Waals surface area contributed by atoms with E-state index in [2.05, 4.69) is 77.0 Å². The highest BCUT2D eigenvalue weighted by atomic mass is 35.5. The molecule has 146 valence electrons. The topological polar surface area (TPSA) is 17.4 Å². The summed E-state index contributed by atoms with van der Waals surface area (Å²) >= 11 is 6.74. The molecule has 0 unspecified atom stereocenters. The standard InChI is InChI=1S/C21H35ClN2OSi/c1-14(2)26(15(3)4,16(5)6)24-13-17(12-23(7)8)21-19(22)10-18(25-9)11-20(21)24/h10-11,13-16H,12H2,1-9H3. The Hall–Kier alpha value is -0.973. The fourth-order valence-electron chi connectivity index (χ4n) is 5.10. The molecule has 2 aromatic rings. The third-order valence-corrected chi connectivity index (χ3v) is 12.9. The van der Waals surface area contributed by atoms with Gasteiger partial charge in [-0.2, -0.15) is 0 Å². The van der Waals surface area contributed by atoms with E-state index >= 15 is 0 Å². The van der Waals surface area contributed by atoms with E-state index in [1.54, 1.807) is 7.11 Å². The predicted octanol–water partition coefficient (Wildman–Crippen LogP) is 6.39. The van der Waals surface area contributed by atoms with E-state index in [1.165, 1.54) is 16.5 Å². The van der Waals surface area contributed by atoms with Crippen molar-refractivity contribution in [3.8, 4) is 5.75 Å². The van der Waals surface area contributed by atoms with Crippen molar-refractivity contribution in [3.05, 3.63) is 28.9 Å². The molecule has 0 saturated carbocycles. The number of benzene rings is 1. The Morgan fingerprint density at radius 3 is 2.00 bits per heavy atom. The van der Waals surface area contributed by atoms with Crippen molar-refractivity contribution in [1.82, 2.24) is 9.13 Å². The lowest BCUT2D eigenvalue weighted by Gasteiger charge is -2.44. The Morgan fingerprint density at radius 2 is 1.58 bits per heavy atom. The van der Waals surface area contributed by atoms with Gasteiger partial charge in [0.2, 0.25) is 0 Å². The Kier molecular flexibility index (Phi) is 6.52. The quantitative estimate of drug-likeness (QED) is 0.506. The molecular formula is C21H35ClN2OSi. The van der Waals surface area contributed by atoms with Gasteiger partial charge in [0, 0.05) is 29.7 Å². The molecule has 0 amide bonds. The summed E-state index contributed by atoms with van der Waals surface area (Å²) < 4.78 is 8.18. The average molecular weight is 395 g/mol. The maximum Gasteiger partial charge on any atom is 0.169 e. The van der Waals surface area contributed by atoms with Crippen LogP contribution in [0, 0.1) is 0 Å². The highest BCUT2D eigenvalue weighted by molar-refractivity contribution is 6.82. The smallest absolute Gasteiger partial charge is 0.169 e. The van der Waals surface area contributed by atoms with Gasteiger partial charge in [-0.05, 0) is 42.3 Å². The van der Waals surface area contributed by atoms with Crippen molar-refractivity contribution < 1.29 is 4.74 Å². The Balaban J connectivity index is 2.94. The molecule has 0 aliphatic rings. The molecule has 0 aliphatic heterocycles. The number of ether oxygens (including phenoxy) is 1. The van der Waals surface area contributed by atoms with Gasteiger partial charge >= 0.3 is 0 Å². The van der Waals surface area contributed by atoms with Crippen LogP contribution in [0.15, 0.2) is 18.3 Å². The van der Waals surface area contributed by atoms with Gasteiger partial charge in [-0.1, -0.05) is 53.1 Å². The summed E-state index contributed by atoms with van der Waals surface area (Å²) in [4.78, 5) is 2.21. The monoisotopic (exact) mass is 394 g/mol. The first-order valence-electron chi connectivity index (χ1n) is 9.59. The van der Waals surface area contributed by atoms with Gasteiger partial charge in [0.1, 0.15) is 5.75 Å². The molecule has 0 spiro atoms. The highest BCUT2D eigenvalue weighted by Crippen LogP contribution is 2.46. The Bertz CT molecular complexity index is 743. The number of halogens is 1. The number of nitrogens with zero attached hydrogens (tertiary/aromatic N) is 2. The molecule has 3 nitrogen and oxygen atoms in total. The number of aromatic nitrogens is 1. The lowest BCUT2D eigenvalue weighted by molar-refractivity contribution is 0.404. The van der Waals surface area contributed by atoms with Gasteiger partial charge in [0.15, 0.2) is 8.24 Å². The van der Waals surface area contributed by atoms with Crippen LogP contribution in [-0.2, 0) is 6.54 Å². The molecule has 0 fully saturated rings. The highest BCUT2D eigenvalue weighted by Gasteiger charge is 2.46. The zero-order chi connectivity index (χ0) is 19.8. The maximum atomic E-state index is 6.74. The molecule has 1 aromatic heterocycles. The van der Waals surface area contributed by atoms with Gasteiger partial charge in [-0.25, -0.2) is 0 Å². The van der Waals surface area contributed by atoms with Crippen LogP contribution in [0.4, 0.5) is 0 Å². The molecular weight excluding hydrogens is 360 g/mol. The van der Waals surface area contributed by atoms with Crippen molar-refractivity contribution in [2.45, 2.75) is 64.7 Å². The summed E-state index contributed by atoms with van der Waals surface area (Å²) in [5, 5.41) is 1.97. The number of hydrogen-bond donors (Lipinski definition) is 0. The minimum atomic E-state index is -1.87. The van der Waals surface area contributed by atoms with E-state index in [1.807, 2.05) is 6.07 Å². The van der Waals surface area contributed by atoms with Crippen molar-refractivity contribution in [2.75, 3.05) is 21.2 Å². The first-order valence-corrected chi connectivity index (χ1v) is 12.2. The van der Waals surface area contributed by atoms with E-state index in [-0.39, 0.29) is 0 Å². The average Bonchev–Trinajstić information content (AvgIpc) is 2.85. The number of fused-ring (bicyclic) bond motifs is 1. The van der Waals surface area contributed by atoms with E-state index in [0.717, 1.165) is 17.3 Å². The molecule has 0 N–H and O–H groups in total. The second-order valence-corrected chi connectivity index (χ2v) is 14.7. The molecule has 0 radical (unpaired) electrons. The molecule has 0 atom stereocenters. The van der Waals surface area contributed by atoms with Crippen LogP contribution in [0.3, 0.4) is 0 Å². The van der Waals surface area contributed by atoms with E-state index in [9.17, 15) is 0 Å². The summed E-state index contributed by atoms with van der Waals surface area (Å²) in [7, 11) is 4.06. The zero-order valence-electron chi connectivity index (χ0n) is 17.9. The molecule has 0 aliphatic carbocycles. The summed E-state index contributed by atoms with van der Waals surface area (Å²) in [5.41, 5.74) is 4.39. The van der Waals surface area contributed by atoms with E-state index in [4.69, 9.17) is 16.3 Å². The first-order chi connectivity index (χ1) is 12.1. The molecule has 1 heterocycles. The van der Waals surface area contributed by atoms with Gasteiger partial charge < -0.3 is 13.9 Å². The van der Waals surface area contributed by atoms with Gasteiger partial charge in [-0.15, -0.1) is 0 Å². The third kappa shape index (κ3) is 3.44. The van der Waals surface area contributed by atoms with Crippen LogP contribution < -0.4 is 4.74 Å². The van der Waals surface area contributed by atoms with Crippen LogP contribution in [0.1, 0.15) is 47.1 Å². The molecule has 2 rings (SSSR count). The number of methoxy groups -OCH3 is 1. The fourth-order valence-corrected chi connectivity index (χ4v) is 12.1. The first kappa shape index (κ1) is 21.3. The third-order valence-electron chi connectivity index (χ3n) is 5.82. The largest absolute Gasteiger partial charge is 0.497 e. The summed E-state index contributed by atoms with van der Waals surface area (Å²) in [6, 6.07) is 4.12. The van der Waals surface area contributed by atoms with Gasteiger partial charge in [0.25, 0.3) is 0 Å². The minimum absolute atomic E-state index is 0.621. The van der Waals surface area contributed by atoms with Crippen LogP contribution in [0.25, 0.3) is 10.9 Å². The number of rotatable bonds is 7. The summed E-state index contributed by atoms with van der Waals surface area (Å²) in [6.07, 6.45) is 2.39. The zero-order valence-corrected chi connectivity index (χ0v) is 19.6. The Morgan fingerprint density at radius 1 is 1.04 bits per heavy atom. The fraction of sp³-hybridized carbons (Fsp3) is 0.619. The molecule has 0 bridgehead atoms. The van der Waals surface area contributed by atoms with Crippen LogP contribution in [0.2, 0.25) is 21.6 Å². The van der Waals surface area contributed by atoms with Crippen molar-refractivity contribution in [3.63, 3.8) is 0 Å². The maximum absolute atomic E-state index is 6.74. The van der Waals surface area contributed by atoms with E-state index < -0.39 is 8.24 Å². The second-order valence-electron chi connectivity index (χ2n) is 8.62. The lowest BCUT2D eigenvalue weighted by Crippen LogP contribution is -2.51. The van der Waals surface area contributed by atoms with Crippen molar-refractivity contribution in [2.24, 2.45) is 0 Å². The van der Waals surface area contributed by atoms with Crippen LogP contribution >= 0.6 is 11.6 Å². The predicted molar refractivity (Wildman–Crippen MR) is 117 cm³/mol. The van der Waals surface area contributed by atoms with Crippen molar-refractivity contribution >= 4 is 30.7 Å². The van der Waals surface area contributed by atoms with Gasteiger partial charge in [0.05, 0.1) is 12.1 Å². The van der Waals surface area contributed by atoms with Crippen LogP contribution in [0.5, 0.6) is 5.75 Å². The van der Waals surface area contributed by atoms with Crippen molar-refractivity contribution in [1.29, 1.82) is 0 Å². The lowest BCUT2D eigenvalue weighted by atomic mass is 10.1. The van der Waals surface area contributed by atoms with E-state index in [0.29, 0.717) is 16.6 Å². The van der Waals surface area contributed by atoms with Crippen LogP contribution in [-0.4, -0.2) is 38.6 Å². The SMILES string of the molecule is COc1cc(Cl)c2c(CN(C)C)cn([Si](C(C)C)(C(C)C)C(C)C)c2c1. The molecule has 26 heavy (non-hydrogen) atoms. The summed E-state index contributed by atoms with van der Waals surface area (Å²) in [5.74, 6) is 0.831. The summed E-state index contributed by atoms with van der Waals surface area (Å²) in [6.45, 7) is 15.2. The number of hydrogen-bond acceptors (Lipinski definition) is 2. The minimum Gasteiger partial charge on any atom is -0.497 e. The normalized spacial score (nSPS) is 13.0. The van der Waals surface area contributed by atoms with Gasteiger partial charge in [-0.3, -0.25) is 0 Å². The second kappa shape index (κ2) is 7.95. The molecule has 5 heteroatoms. The Labute approximate surface area is 165 Å². The molecule has 1 aromatic carbocycles. The molecule has 0 saturated heterocycles.